The fourth-order valence-corrected chi connectivity index (χ4v) is 1.07. The van der Waals surface area contributed by atoms with Gasteiger partial charge in [-0.15, -0.1) is 0 Å². The lowest BCUT2D eigenvalue weighted by molar-refractivity contribution is 0.342. The molecule has 0 saturated heterocycles. The molecule has 4 heteroatoms. The molecule has 1 aromatic carbocycles. The molecule has 0 spiro atoms. The van der Waals surface area contributed by atoms with E-state index in [1.165, 1.54) is 12.1 Å². The quantitative estimate of drug-likeness (QED) is 0.558. The molecule has 1 nitrogen and oxygen atoms in total. The molecule has 0 heterocycles. The van der Waals surface area contributed by atoms with Crippen molar-refractivity contribution in [3.63, 3.8) is 0 Å². The SMILES string of the molecule is C=CCOc1cc(Cl)c(Cl)cc1F. The van der Waals surface area contributed by atoms with Gasteiger partial charge in [-0.3, -0.25) is 0 Å². The number of benzene rings is 1. The van der Waals surface area contributed by atoms with Gasteiger partial charge < -0.3 is 4.74 Å². The highest BCUT2D eigenvalue weighted by Crippen LogP contribution is 2.29. The Hall–Kier alpha value is -0.730. The van der Waals surface area contributed by atoms with E-state index < -0.39 is 5.82 Å². The van der Waals surface area contributed by atoms with E-state index in [0.717, 1.165) is 6.07 Å². The summed E-state index contributed by atoms with van der Waals surface area (Å²) in [5.74, 6) is -0.453. The summed E-state index contributed by atoms with van der Waals surface area (Å²) < 4.78 is 18.0. The van der Waals surface area contributed by atoms with E-state index in [0.29, 0.717) is 0 Å². The van der Waals surface area contributed by atoms with Crippen LogP contribution >= 0.6 is 23.2 Å². The molecule has 0 atom stereocenters. The van der Waals surface area contributed by atoms with E-state index in [9.17, 15) is 4.39 Å². The molecule has 0 unspecified atom stereocenters. The maximum absolute atomic E-state index is 13.1. The van der Waals surface area contributed by atoms with Crippen LogP contribution < -0.4 is 4.74 Å². The summed E-state index contributed by atoms with van der Waals surface area (Å²) in [7, 11) is 0. The molecule has 0 N–H and O–H groups in total. The molecule has 0 aliphatic carbocycles. The summed E-state index contributed by atoms with van der Waals surface area (Å²) in [6.07, 6.45) is 1.52. The topological polar surface area (TPSA) is 9.23 Å². The van der Waals surface area contributed by atoms with Gasteiger partial charge in [0.25, 0.3) is 0 Å². The van der Waals surface area contributed by atoms with Gasteiger partial charge in [0.15, 0.2) is 11.6 Å². The number of hydrogen-bond acceptors (Lipinski definition) is 1. The molecule has 0 radical (unpaired) electrons. The first-order valence-corrected chi connectivity index (χ1v) is 4.29. The van der Waals surface area contributed by atoms with Crippen molar-refractivity contribution in [3.8, 4) is 5.75 Å². The Kier molecular flexibility index (Phi) is 3.58. The minimum absolute atomic E-state index is 0.0781. The third-order valence-corrected chi connectivity index (χ3v) is 2.05. The minimum Gasteiger partial charge on any atom is -0.486 e. The summed E-state index contributed by atoms with van der Waals surface area (Å²) in [4.78, 5) is 0. The largest absolute Gasteiger partial charge is 0.486 e. The normalized spacial score (nSPS) is 9.77. The van der Waals surface area contributed by atoms with E-state index in [1.54, 1.807) is 0 Å². The van der Waals surface area contributed by atoms with Gasteiger partial charge in [0.2, 0.25) is 0 Å². The molecule has 0 aliphatic heterocycles. The van der Waals surface area contributed by atoms with Crippen LogP contribution in [0.5, 0.6) is 5.75 Å². The van der Waals surface area contributed by atoms with Gasteiger partial charge in [-0.05, 0) is 6.07 Å². The van der Waals surface area contributed by atoms with Crippen LogP contribution in [-0.4, -0.2) is 6.61 Å². The number of rotatable bonds is 3. The predicted octanol–water partition coefficient (Wildman–Crippen LogP) is 3.70. The van der Waals surface area contributed by atoms with Crippen LogP contribution in [0.2, 0.25) is 10.0 Å². The molecular formula is C9H7Cl2FO. The van der Waals surface area contributed by atoms with Crippen LogP contribution in [0.1, 0.15) is 0 Å². The summed E-state index contributed by atoms with van der Waals surface area (Å²) in [5, 5.41) is 0.437. The Morgan fingerprint density at radius 3 is 2.62 bits per heavy atom. The van der Waals surface area contributed by atoms with Crippen LogP contribution in [0.15, 0.2) is 24.8 Å². The van der Waals surface area contributed by atoms with Crippen LogP contribution in [0.25, 0.3) is 0 Å². The van der Waals surface area contributed by atoms with Crippen molar-refractivity contribution in [1.29, 1.82) is 0 Å². The van der Waals surface area contributed by atoms with Gasteiger partial charge in [0.05, 0.1) is 10.0 Å². The molecule has 0 aromatic heterocycles. The smallest absolute Gasteiger partial charge is 0.166 e. The molecule has 0 amide bonds. The van der Waals surface area contributed by atoms with Crippen LogP contribution in [0, 0.1) is 5.82 Å². The molecule has 70 valence electrons. The van der Waals surface area contributed by atoms with Gasteiger partial charge in [0.1, 0.15) is 6.61 Å². The summed E-state index contributed by atoms with van der Waals surface area (Å²) in [6, 6.07) is 2.45. The zero-order valence-electron chi connectivity index (χ0n) is 6.69. The van der Waals surface area contributed by atoms with Crippen molar-refractivity contribution in [2.45, 2.75) is 0 Å². The predicted molar refractivity (Wildman–Crippen MR) is 52.1 cm³/mol. The summed E-state index contributed by atoms with van der Waals surface area (Å²) in [5.41, 5.74) is 0. The second-order valence-corrected chi connectivity index (χ2v) is 3.11. The average Bonchev–Trinajstić information content (AvgIpc) is 2.09. The standard InChI is InChI=1S/C9H7Cl2FO/c1-2-3-13-9-5-7(11)6(10)4-8(9)12/h2,4-5H,1,3H2. The third-order valence-electron chi connectivity index (χ3n) is 1.33. The average molecular weight is 221 g/mol. The zero-order chi connectivity index (χ0) is 9.84. The van der Waals surface area contributed by atoms with Crippen LogP contribution in [-0.2, 0) is 0 Å². The fraction of sp³-hybridized carbons (Fsp3) is 0.111. The Balaban J connectivity index is 2.94. The Morgan fingerprint density at radius 2 is 2.00 bits per heavy atom. The van der Waals surface area contributed by atoms with Gasteiger partial charge >= 0.3 is 0 Å². The van der Waals surface area contributed by atoms with Crippen molar-refractivity contribution in [2.24, 2.45) is 0 Å². The van der Waals surface area contributed by atoms with E-state index >= 15 is 0 Å². The lowest BCUT2D eigenvalue weighted by atomic mass is 10.3. The summed E-state index contributed by atoms with van der Waals surface area (Å²) in [6.45, 7) is 3.67. The van der Waals surface area contributed by atoms with Crippen LogP contribution in [0.3, 0.4) is 0 Å². The molecule has 1 aromatic rings. The zero-order valence-corrected chi connectivity index (χ0v) is 8.20. The maximum atomic E-state index is 13.1. The van der Waals surface area contributed by atoms with E-state index in [-0.39, 0.29) is 22.4 Å². The molecule has 0 saturated carbocycles. The fourth-order valence-electron chi connectivity index (χ4n) is 0.764. The number of hydrogen-bond donors (Lipinski definition) is 0. The maximum Gasteiger partial charge on any atom is 0.166 e. The highest BCUT2D eigenvalue weighted by atomic mass is 35.5. The highest BCUT2D eigenvalue weighted by Gasteiger charge is 2.07. The highest BCUT2D eigenvalue weighted by molar-refractivity contribution is 6.42. The first-order chi connectivity index (χ1) is 6.15. The second-order valence-electron chi connectivity index (χ2n) is 2.30. The lowest BCUT2D eigenvalue weighted by Crippen LogP contribution is -1.95. The van der Waals surface area contributed by atoms with Crippen molar-refractivity contribution >= 4 is 23.2 Å². The monoisotopic (exact) mass is 220 g/mol. The molecule has 0 fully saturated rings. The van der Waals surface area contributed by atoms with Crippen molar-refractivity contribution in [2.75, 3.05) is 6.61 Å². The number of halogens is 3. The number of ether oxygens (including phenoxy) is 1. The van der Waals surface area contributed by atoms with Gasteiger partial charge in [-0.25, -0.2) is 4.39 Å². The molecule has 13 heavy (non-hydrogen) atoms. The molecule has 1 rings (SSSR count). The second kappa shape index (κ2) is 4.49. The summed E-state index contributed by atoms with van der Waals surface area (Å²) >= 11 is 11.2. The molecule has 0 bridgehead atoms. The van der Waals surface area contributed by atoms with E-state index in [1.807, 2.05) is 0 Å². The van der Waals surface area contributed by atoms with Crippen molar-refractivity contribution < 1.29 is 9.13 Å². The molecule has 0 aliphatic rings. The van der Waals surface area contributed by atoms with E-state index in [4.69, 9.17) is 27.9 Å². The first-order valence-electron chi connectivity index (χ1n) is 3.53. The van der Waals surface area contributed by atoms with Crippen molar-refractivity contribution in [1.82, 2.24) is 0 Å². The first kappa shape index (κ1) is 10.4. The Bertz CT molecular complexity index is 326. The van der Waals surface area contributed by atoms with Gasteiger partial charge in [0, 0.05) is 6.07 Å². The molecular weight excluding hydrogens is 214 g/mol. The lowest BCUT2D eigenvalue weighted by Gasteiger charge is -2.05. The van der Waals surface area contributed by atoms with Crippen LogP contribution in [0.4, 0.5) is 4.39 Å². The minimum atomic E-state index is -0.531. The Labute approximate surface area is 85.7 Å². The van der Waals surface area contributed by atoms with E-state index in [2.05, 4.69) is 6.58 Å². The van der Waals surface area contributed by atoms with Gasteiger partial charge in [-0.2, -0.15) is 0 Å². The Morgan fingerprint density at radius 1 is 1.38 bits per heavy atom. The third kappa shape index (κ3) is 2.61. The van der Waals surface area contributed by atoms with Crippen molar-refractivity contribution in [3.05, 3.63) is 40.7 Å². The van der Waals surface area contributed by atoms with Gasteiger partial charge in [-0.1, -0.05) is 35.9 Å².